The van der Waals surface area contributed by atoms with Crippen molar-refractivity contribution >= 4 is 23.7 Å². The van der Waals surface area contributed by atoms with E-state index in [0.29, 0.717) is 24.1 Å². The van der Waals surface area contributed by atoms with Gasteiger partial charge in [0.05, 0.1) is 11.1 Å². The number of carboxylic acid groups (broad SMARTS) is 1. The Labute approximate surface area is 146 Å². The molecule has 25 heavy (non-hydrogen) atoms. The van der Waals surface area contributed by atoms with Gasteiger partial charge in [0.15, 0.2) is 0 Å². The predicted molar refractivity (Wildman–Crippen MR) is 90.5 cm³/mol. The summed E-state index contributed by atoms with van der Waals surface area (Å²) in [7, 11) is 1.42. The highest BCUT2D eigenvalue weighted by Gasteiger charge is 2.33. The number of hydrogen-bond acceptors (Lipinski definition) is 4. The molecule has 2 rings (SSSR count). The average Bonchev–Trinajstić information content (AvgIpc) is 2.81. The molecule has 0 radical (unpaired) electrons. The molecule has 1 aromatic carbocycles. The summed E-state index contributed by atoms with van der Waals surface area (Å²) >= 11 is 0. The van der Waals surface area contributed by atoms with Crippen LogP contribution in [0.5, 0.6) is 0 Å². The fraction of sp³-hybridized carbons (Fsp3) is 0.444. The van der Waals surface area contributed by atoms with Crippen molar-refractivity contribution in [3.05, 3.63) is 34.9 Å². The Balaban J connectivity index is 1.75. The largest absolute Gasteiger partial charge is 0.481 e. The predicted octanol–water partition coefficient (Wildman–Crippen LogP) is 2.07. The van der Waals surface area contributed by atoms with Crippen molar-refractivity contribution in [2.75, 3.05) is 13.6 Å². The van der Waals surface area contributed by atoms with Crippen molar-refractivity contribution in [1.29, 1.82) is 0 Å². The molecule has 0 saturated heterocycles. The van der Waals surface area contributed by atoms with Crippen LogP contribution in [0.3, 0.4) is 0 Å². The first-order valence-corrected chi connectivity index (χ1v) is 8.38. The number of carbonyl (C=O) groups excluding carboxylic acids is 3. The van der Waals surface area contributed by atoms with E-state index in [1.165, 1.54) is 19.2 Å². The van der Waals surface area contributed by atoms with Crippen LogP contribution in [-0.4, -0.2) is 47.3 Å². The molecule has 2 N–H and O–H groups in total. The minimum Gasteiger partial charge on any atom is -0.481 e. The van der Waals surface area contributed by atoms with Crippen molar-refractivity contribution in [3.8, 4) is 0 Å². The van der Waals surface area contributed by atoms with Crippen LogP contribution in [0.25, 0.3) is 0 Å². The van der Waals surface area contributed by atoms with E-state index in [0.717, 1.165) is 30.6 Å². The summed E-state index contributed by atoms with van der Waals surface area (Å²) in [5, 5.41) is 11.3. The molecule has 0 aromatic heterocycles. The number of carboxylic acids is 1. The Kier molecular flexibility index (Phi) is 6.27. The zero-order valence-corrected chi connectivity index (χ0v) is 14.2. The maximum atomic E-state index is 12.1. The van der Waals surface area contributed by atoms with Crippen molar-refractivity contribution < 1.29 is 24.3 Å². The first kappa shape index (κ1) is 18.6. The molecule has 0 aliphatic carbocycles. The quantitative estimate of drug-likeness (QED) is 0.526. The van der Waals surface area contributed by atoms with Crippen LogP contribution < -0.4 is 5.32 Å². The van der Waals surface area contributed by atoms with Gasteiger partial charge in [-0.05, 0) is 31.0 Å². The average molecular weight is 346 g/mol. The van der Waals surface area contributed by atoms with Gasteiger partial charge in [0, 0.05) is 25.6 Å². The lowest BCUT2D eigenvalue weighted by molar-refractivity contribution is -0.137. The molecule has 0 fully saturated rings. The Bertz CT molecular complexity index is 699. The molecule has 0 atom stereocenters. The number of benzene rings is 1. The maximum absolute atomic E-state index is 12.1. The Hall–Kier alpha value is -2.70. The minimum atomic E-state index is -0.770. The first-order chi connectivity index (χ1) is 11.9. The maximum Gasteiger partial charge on any atom is 0.303 e. The Morgan fingerprint density at radius 3 is 2.36 bits per heavy atom. The number of nitrogens with one attached hydrogen (secondary N) is 1. The van der Waals surface area contributed by atoms with Crippen LogP contribution in [0.2, 0.25) is 0 Å². The first-order valence-electron chi connectivity index (χ1n) is 8.38. The van der Waals surface area contributed by atoms with Crippen molar-refractivity contribution in [2.45, 2.75) is 38.5 Å². The number of rotatable bonds is 9. The molecule has 7 nitrogen and oxygen atoms in total. The van der Waals surface area contributed by atoms with E-state index in [9.17, 15) is 19.2 Å². The number of nitrogens with zero attached hydrogens (tertiary/aromatic N) is 1. The molecule has 7 heteroatoms. The van der Waals surface area contributed by atoms with Gasteiger partial charge in [-0.2, -0.15) is 0 Å². The summed E-state index contributed by atoms with van der Waals surface area (Å²) in [5.74, 6) is -1.79. The molecule has 0 spiro atoms. The number of hydrogen-bond donors (Lipinski definition) is 2. The third-order valence-electron chi connectivity index (χ3n) is 4.20. The number of aliphatic carboxylic acids is 1. The summed E-state index contributed by atoms with van der Waals surface area (Å²) in [5.41, 5.74) is 0.945. The lowest BCUT2D eigenvalue weighted by Gasteiger charge is -2.06. The number of imide groups is 1. The summed E-state index contributed by atoms with van der Waals surface area (Å²) in [6.45, 7) is 0.516. The number of unbranched alkanes of at least 4 members (excludes halogenated alkanes) is 4. The molecular weight excluding hydrogens is 324 g/mol. The second kappa shape index (κ2) is 8.41. The second-order valence-electron chi connectivity index (χ2n) is 6.10. The van der Waals surface area contributed by atoms with Gasteiger partial charge in [0.1, 0.15) is 0 Å². The van der Waals surface area contributed by atoms with E-state index in [2.05, 4.69) is 5.32 Å². The summed E-state index contributed by atoms with van der Waals surface area (Å²) in [6.07, 6.45) is 4.41. The molecule has 0 saturated carbocycles. The van der Waals surface area contributed by atoms with Crippen molar-refractivity contribution in [3.63, 3.8) is 0 Å². The molecule has 1 aromatic rings. The van der Waals surface area contributed by atoms with E-state index in [4.69, 9.17) is 5.11 Å². The summed E-state index contributed by atoms with van der Waals surface area (Å²) in [6, 6.07) is 4.52. The number of amides is 3. The van der Waals surface area contributed by atoms with Gasteiger partial charge >= 0.3 is 5.97 Å². The molecule has 3 amide bonds. The van der Waals surface area contributed by atoms with Gasteiger partial charge in [-0.3, -0.25) is 24.1 Å². The molecule has 0 unspecified atom stereocenters. The third kappa shape index (κ3) is 4.65. The van der Waals surface area contributed by atoms with Gasteiger partial charge in [-0.1, -0.05) is 19.3 Å². The highest BCUT2D eigenvalue weighted by Crippen LogP contribution is 2.22. The second-order valence-corrected chi connectivity index (χ2v) is 6.10. The van der Waals surface area contributed by atoms with Gasteiger partial charge in [0.2, 0.25) is 0 Å². The van der Waals surface area contributed by atoms with Gasteiger partial charge in [0.25, 0.3) is 17.7 Å². The highest BCUT2D eigenvalue weighted by atomic mass is 16.4. The minimum absolute atomic E-state index is 0.200. The molecular formula is C18H22N2O5. The topological polar surface area (TPSA) is 104 Å². The van der Waals surface area contributed by atoms with E-state index < -0.39 is 11.9 Å². The summed E-state index contributed by atoms with van der Waals surface area (Å²) in [4.78, 5) is 47.3. The normalized spacial score (nSPS) is 13.1. The molecule has 0 bridgehead atoms. The van der Waals surface area contributed by atoms with Gasteiger partial charge < -0.3 is 10.4 Å². The van der Waals surface area contributed by atoms with Crippen LogP contribution in [0, 0.1) is 0 Å². The smallest absolute Gasteiger partial charge is 0.303 e. The molecule has 1 aliphatic rings. The molecule has 134 valence electrons. The SMILES string of the molecule is CN1C(=O)c2ccc(C(=O)NCCCCCCCC(=O)O)cc2C1=O. The van der Waals surface area contributed by atoms with Crippen molar-refractivity contribution in [2.24, 2.45) is 0 Å². The number of carbonyl (C=O) groups is 4. The zero-order valence-electron chi connectivity index (χ0n) is 14.2. The summed E-state index contributed by atoms with van der Waals surface area (Å²) < 4.78 is 0. The van der Waals surface area contributed by atoms with E-state index in [1.54, 1.807) is 6.07 Å². The fourth-order valence-corrected chi connectivity index (χ4v) is 2.74. The monoisotopic (exact) mass is 346 g/mol. The highest BCUT2D eigenvalue weighted by molar-refractivity contribution is 6.21. The van der Waals surface area contributed by atoms with Gasteiger partial charge in [-0.15, -0.1) is 0 Å². The zero-order chi connectivity index (χ0) is 18.4. The molecule has 1 heterocycles. The standard InChI is InChI=1S/C18H22N2O5/c1-20-17(24)13-9-8-12(11-14(13)18(20)25)16(23)19-10-6-4-2-3-5-7-15(21)22/h8-9,11H,2-7,10H2,1H3,(H,19,23)(H,21,22). The van der Waals surface area contributed by atoms with Crippen LogP contribution in [0.1, 0.15) is 69.6 Å². The fourth-order valence-electron chi connectivity index (χ4n) is 2.74. The van der Waals surface area contributed by atoms with E-state index in [1.807, 2.05) is 0 Å². The Morgan fingerprint density at radius 1 is 1.00 bits per heavy atom. The molecule has 1 aliphatic heterocycles. The van der Waals surface area contributed by atoms with Crippen LogP contribution >= 0.6 is 0 Å². The lowest BCUT2D eigenvalue weighted by atomic mass is 10.1. The van der Waals surface area contributed by atoms with Gasteiger partial charge in [-0.25, -0.2) is 0 Å². The number of fused-ring (bicyclic) bond motifs is 1. The van der Waals surface area contributed by atoms with E-state index in [-0.39, 0.29) is 23.8 Å². The third-order valence-corrected chi connectivity index (χ3v) is 4.20. The van der Waals surface area contributed by atoms with Crippen LogP contribution in [-0.2, 0) is 4.79 Å². The van der Waals surface area contributed by atoms with E-state index >= 15 is 0 Å². The Morgan fingerprint density at radius 2 is 1.64 bits per heavy atom. The lowest BCUT2D eigenvalue weighted by Crippen LogP contribution is -2.25. The van der Waals surface area contributed by atoms with Crippen molar-refractivity contribution in [1.82, 2.24) is 10.2 Å². The van der Waals surface area contributed by atoms with Crippen LogP contribution in [0.15, 0.2) is 18.2 Å². The van der Waals surface area contributed by atoms with Crippen LogP contribution in [0.4, 0.5) is 0 Å².